The molecular formula is C5H11N3O6. The normalized spacial score (nSPS) is 16.3. The first-order valence-corrected chi connectivity index (χ1v) is 3.96. The number of rotatable bonds is 2. The molecule has 0 aromatic carbocycles. The van der Waals surface area contributed by atoms with Crippen molar-refractivity contribution in [1.82, 2.24) is 0 Å². The molecule has 1 aliphatic rings. The lowest BCUT2D eigenvalue weighted by Gasteiger charge is -2.17. The van der Waals surface area contributed by atoms with Gasteiger partial charge in [-0.3, -0.25) is 0 Å². The van der Waals surface area contributed by atoms with Crippen LogP contribution in [-0.2, 0) is 4.84 Å². The Morgan fingerprint density at radius 1 is 1.14 bits per heavy atom. The summed E-state index contributed by atoms with van der Waals surface area (Å²) < 4.78 is 0. The van der Waals surface area contributed by atoms with Crippen LogP contribution in [0.3, 0.4) is 0 Å². The molecule has 0 aromatic rings. The van der Waals surface area contributed by atoms with Gasteiger partial charge >= 0.3 is 0 Å². The zero-order chi connectivity index (χ0) is 11.0. The summed E-state index contributed by atoms with van der Waals surface area (Å²) in [5.41, 5.74) is 0. The van der Waals surface area contributed by atoms with Crippen LogP contribution in [0.4, 0.5) is 0 Å². The van der Waals surface area contributed by atoms with Crippen molar-refractivity contribution >= 4 is 0 Å². The summed E-state index contributed by atoms with van der Waals surface area (Å²) in [6.45, 7) is 1.89. The topological polar surface area (TPSA) is 135 Å². The predicted molar refractivity (Wildman–Crippen MR) is 43.1 cm³/mol. The minimum Gasteiger partial charge on any atom is -0.356 e. The van der Waals surface area contributed by atoms with Crippen molar-refractivity contribution in [3.05, 3.63) is 25.4 Å². The van der Waals surface area contributed by atoms with Crippen LogP contribution >= 0.6 is 0 Å². The van der Waals surface area contributed by atoms with Crippen LogP contribution < -0.4 is 5.32 Å². The van der Waals surface area contributed by atoms with E-state index in [4.69, 9.17) is 15.3 Å². The third-order valence-corrected chi connectivity index (χ3v) is 1.62. The molecule has 0 amide bonds. The molecule has 1 aliphatic heterocycles. The second kappa shape index (κ2) is 6.83. The van der Waals surface area contributed by atoms with E-state index in [0.717, 1.165) is 25.9 Å². The van der Waals surface area contributed by atoms with E-state index >= 15 is 0 Å². The van der Waals surface area contributed by atoms with Crippen LogP contribution in [0.25, 0.3) is 0 Å². The third-order valence-electron chi connectivity index (χ3n) is 1.62. The number of hydrogen-bond donors (Lipinski definition) is 1. The van der Waals surface area contributed by atoms with Gasteiger partial charge in [0.15, 0.2) is 0 Å². The summed E-state index contributed by atoms with van der Waals surface area (Å²) in [7, 11) is 0. The van der Waals surface area contributed by atoms with Gasteiger partial charge in [0.2, 0.25) is 0 Å². The van der Waals surface area contributed by atoms with Crippen LogP contribution in [-0.4, -0.2) is 29.4 Å². The van der Waals surface area contributed by atoms with E-state index in [1.54, 1.807) is 0 Å². The smallest absolute Gasteiger partial charge is 0.294 e. The fourth-order valence-corrected chi connectivity index (χ4v) is 1.12. The monoisotopic (exact) mass is 209 g/mol. The fourth-order valence-electron chi connectivity index (χ4n) is 1.12. The summed E-state index contributed by atoms with van der Waals surface area (Å²) >= 11 is 0. The Kier molecular flexibility index (Phi) is 6.03. The van der Waals surface area contributed by atoms with Gasteiger partial charge in [0, 0.05) is 12.8 Å². The van der Waals surface area contributed by atoms with E-state index in [0.29, 0.717) is 0 Å². The molecule has 0 saturated carbocycles. The molecule has 0 unspecified atom stereocenters. The number of quaternary nitrogens is 1. The second-order valence-corrected chi connectivity index (χ2v) is 2.62. The van der Waals surface area contributed by atoms with Crippen LogP contribution in [0.2, 0.25) is 0 Å². The standard InChI is InChI=1S/C5H10N2O3.NO3/c8-7(9)10-5-1-3-6-4-2-5;2-1(3)4/h5-6H,1-4H2;/q;-1/p+1. The molecule has 1 rings (SSSR count). The SMILES string of the molecule is O=[N+]([O-])OC1CC[NH2+]CC1.O=[N+]([O-])[O-]. The molecule has 1 heterocycles. The molecule has 0 aliphatic carbocycles. The Balaban J connectivity index is 0.000000364. The summed E-state index contributed by atoms with van der Waals surface area (Å²) in [6, 6.07) is 0. The molecule has 0 bridgehead atoms. The van der Waals surface area contributed by atoms with Crippen molar-refractivity contribution in [2.45, 2.75) is 18.9 Å². The van der Waals surface area contributed by atoms with Crippen molar-refractivity contribution in [2.24, 2.45) is 0 Å². The van der Waals surface area contributed by atoms with Gasteiger partial charge in [0.1, 0.15) is 6.10 Å². The predicted octanol–water partition coefficient (Wildman–Crippen LogP) is -1.32. The highest BCUT2D eigenvalue weighted by atomic mass is 17.0. The van der Waals surface area contributed by atoms with Crippen LogP contribution in [0.1, 0.15) is 12.8 Å². The molecule has 82 valence electrons. The zero-order valence-electron chi connectivity index (χ0n) is 7.33. The molecular weight excluding hydrogens is 198 g/mol. The Bertz CT molecular complexity index is 188. The Labute approximate surface area is 78.9 Å². The van der Waals surface area contributed by atoms with Crippen molar-refractivity contribution in [3.63, 3.8) is 0 Å². The molecule has 0 atom stereocenters. The van der Waals surface area contributed by atoms with Gasteiger partial charge in [-0.05, 0) is 0 Å². The first-order chi connectivity index (χ1) is 6.52. The van der Waals surface area contributed by atoms with E-state index in [1.165, 1.54) is 0 Å². The first-order valence-electron chi connectivity index (χ1n) is 3.96. The Morgan fingerprint density at radius 2 is 1.57 bits per heavy atom. The molecule has 9 nitrogen and oxygen atoms in total. The average molecular weight is 209 g/mol. The summed E-state index contributed by atoms with van der Waals surface area (Å²) in [4.78, 5) is 22.5. The lowest BCUT2D eigenvalue weighted by molar-refractivity contribution is -0.777. The van der Waals surface area contributed by atoms with Crippen molar-refractivity contribution in [2.75, 3.05) is 13.1 Å². The minimum absolute atomic E-state index is 0.153. The first kappa shape index (κ1) is 12.4. The third kappa shape index (κ3) is 8.46. The molecule has 1 fully saturated rings. The molecule has 14 heavy (non-hydrogen) atoms. The molecule has 0 spiro atoms. The Hall–Kier alpha value is -1.64. The second-order valence-electron chi connectivity index (χ2n) is 2.62. The lowest BCUT2D eigenvalue weighted by atomic mass is 10.1. The highest BCUT2D eigenvalue weighted by Gasteiger charge is 2.18. The minimum atomic E-state index is -1.75. The van der Waals surface area contributed by atoms with Gasteiger partial charge in [-0.1, -0.05) is 0 Å². The number of nitrogens with two attached hydrogens (primary N) is 1. The molecule has 9 heteroatoms. The maximum absolute atomic E-state index is 9.84. The van der Waals surface area contributed by atoms with E-state index in [-0.39, 0.29) is 6.10 Å². The van der Waals surface area contributed by atoms with Gasteiger partial charge < -0.3 is 25.5 Å². The summed E-state index contributed by atoms with van der Waals surface area (Å²) in [5.74, 6) is 0. The fraction of sp³-hybridized carbons (Fsp3) is 1.00. The Morgan fingerprint density at radius 3 is 1.93 bits per heavy atom. The zero-order valence-corrected chi connectivity index (χ0v) is 7.33. The highest BCUT2D eigenvalue weighted by Crippen LogP contribution is 2.03. The van der Waals surface area contributed by atoms with Crippen LogP contribution in [0, 0.1) is 25.4 Å². The van der Waals surface area contributed by atoms with Gasteiger partial charge in [0.25, 0.3) is 5.09 Å². The van der Waals surface area contributed by atoms with Gasteiger partial charge in [-0.2, -0.15) is 0 Å². The highest BCUT2D eigenvalue weighted by molar-refractivity contribution is 4.56. The largest absolute Gasteiger partial charge is 0.356 e. The number of piperidine rings is 1. The van der Waals surface area contributed by atoms with Crippen molar-refractivity contribution < 1.29 is 20.3 Å². The molecule has 0 aromatic heterocycles. The maximum atomic E-state index is 9.84. The number of nitrogens with zero attached hydrogens (tertiary/aromatic N) is 2. The lowest BCUT2D eigenvalue weighted by Crippen LogP contribution is -2.86. The average Bonchev–Trinajstić information content (AvgIpc) is 2.03. The summed E-state index contributed by atoms with van der Waals surface area (Å²) in [5, 5.41) is 26.0. The van der Waals surface area contributed by atoms with Crippen LogP contribution in [0.5, 0.6) is 0 Å². The van der Waals surface area contributed by atoms with Gasteiger partial charge in [0.05, 0.1) is 18.2 Å². The molecule has 1 saturated heterocycles. The van der Waals surface area contributed by atoms with Crippen molar-refractivity contribution in [1.29, 1.82) is 0 Å². The number of hydrogen-bond acceptors (Lipinski definition) is 6. The van der Waals surface area contributed by atoms with Gasteiger partial charge in [-0.15, -0.1) is 10.1 Å². The molecule has 2 N–H and O–H groups in total. The van der Waals surface area contributed by atoms with Crippen LogP contribution in [0.15, 0.2) is 0 Å². The van der Waals surface area contributed by atoms with Gasteiger partial charge in [-0.25, -0.2) is 0 Å². The van der Waals surface area contributed by atoms with E-state index in [2.05, 4.69) is 10.2 Å². The molecule has 0 radical (unpaired) electrons. The van der Waals surface area contributed by atoms with Crippen molar-refractivity contribution in [3.8, 4) is 0 Å². The maximum Gasteiger partial charge on any atom is 0.294 e. The van der Waals surface area contributed by atoms with E-state index in [1.807, 2.05) is 0 Å². The summed E-state index contributed by atoms with van der Waals surface area (Å²) in [6.07, 6.45) is 1.43. The van der Waals surface area contributed by atoms with E-state index in [9.17, 15) is 10.1 Å². The van der Waals surface area contributed by atoms with E-state index < -0.39 is 10.2 Å². The quantitative estimate of drug-likeness (QED) is 0.442.